The third-order valence-corrected chi connectivity index (χ3v) is 3.28. The van der Waals surface area contributed by atoms with Gasteiger partial charge in [0.05, 0.1) is 8.42 Å². The summed E-state index contributed by atoms with van der Waals surface area (Å²) in [4.78, 5) is 0. The van der Waals surface area contributed by atoms with Crippen LogP contribution >= 0.6 is 47.9 Å². The highest BCUT2D eigenvalue weighted by molar-refractivity contribution is 7.83. The molecule has 2 aromatic heterocycles. The molecule has 4 heteroatoms. The van der Waals surface area contributed by atoms with Crippen molar-refractivity contribution in [2.45, 2.75) is 8.42 Å². The molecular formula is C8H8S4. The molecule has 0 aliphatic heterocycles. The summed E-state index contributed by atoms with van der Waals surface area (Å²) in [5, 5.41) is 4.00. The van der Waals surface area contributed by atoms with Crippen molar-refractivity contribution in [3.05, 3.63) is 35.0 Å². The van der Waals surface area contributed by atoms with Crippen molar-refractivity contribution in [3.63, 3.8) is 0 Å². The number of hydrogen-bond donors (Lipinski definition) is 2. The minimum atomic E-state index is 1.08. The predicted molar refractivity (Wildman–Crippen MR) is 63.1 cm³/mol. The van der Waals surface area contributed by atoms with E-state index in [4.69, 9.17) is 0 Å². The highest BCUT2D eigenvalue weighted by atomic mass is 32.2. The molecule has 2 aromatic rings. The molecule has 0 saturated carbocycles. The molecule has 2 heterocycles. The molecule has 0 nitrogen and oxygen atoms in total. The average Bonchev–Trinajstić information content (AvgIpc) is 2.63. The van der Waals surface area contributed by atoms with Gasteiger partial charge in [0.25, 0.3) is 0 Å². The number of rotatable bonds is 0. The van der Waals surface area contributed by atoms with Gasteiger partial charge in [0.1, 0.15) is 0 Å². The molecule has 0 unspecified atom stereocenters. The zero-order valence-electron chi connectivity index (χ0n) is 6.18. The van der Waals surface area contributed by atoms with Crippen molar-refractivity contribution in [2.75, 3.05) is 0 Å². The van der Waals surface area contributed by atoms with E-state index in [-0.39, 0.29) is 0 Å². The van der Waals surface area contributed by atoms with Crippen LogP contribution in [0, 0.1) is 0 Å². The first kappa shape index (κ1) is 10.2. The maximum absolute atomic E-state index is 4.05. The maximum Gasteiger partial charge on any atom is 0.0567 e. The summed E-state index contributed by atoms with van der Waals surface area (Å²) in [5.74, 6) is 0. The standard InChI is InChI=1S/2C4H4S2/c2*5-4-2-1-3-6-4/h2*1-3,5H. The van der Waals surface area contributed by atoms with Crippen LogP contribution in [0.3, 0.4) is 0 Å². The fraction of sp³-hybridized carbons (Fsp3) is 0. The SMILES string of the molecule is Sc1cccs1.Sc1cccs1. The summed E-state index contributed by atoms with van der Waals surface area (Å²) < 4.78 is 2.16. The second-order valence-corrected chi connectivity index (χ2v) is 5.37. The molecule has 0 amide bonds. The van der Waals surface area contributed by atoms with Gasteiger partial charge >= 0.3 is 0 Å². The first-order valence-electron chi connectivity index (χ1n) is 3.24. The van der Waals surface area contributed by atoms with Crippen LogP contribution in [-0.4, -0.2) is 0 Å². The Bertz CT molecular complexity index is 250. The van der Waals surface area contributed by atoms with E-state index in [1.165, 1.54) is 0 Å². The predicted octanol–water partition coefficient (Wildman–Crippen LogP) is 4.07. The van der Waals surface area contributed by atoms with Crippen molar-refractivity contribution in [1.29, 1.82) is 0 Å². The van der Waals surface area contributed by atoms with Crippen LogP contribution in [0.15, 0.2) is 43.4 Å². The van der Waals surface area contributed by atoms with E-state index >= 15 is 0 Å². The highest BCUT2D eigenvalue weighted by Crippen LogP contribution is 2.11. The monoisotopic (exact) mass is 232 g/mol. The van der Waals surface area contributed by atoms with Gasteiger partial charge in [-0.2, -0.15) is 0 Å². The minimum absolute atomic E-state index is 1.08. The van der Waals surface area contributed by atoms with Crippen molar-refractivity contribution in [3.8, 4) is 0 Å². The van der Waals surface area contributed by atoms with Gasteiger partial charge in [-0.3, -0.25) is 0 Å². The Morgan fingerprint density at radius 1 is 0.833 bits per heavy atom. The molecule has 0 bridgehead atoms. The van der Waals surface area contributed by atoms with Gasteiger partial charge in [0, 0.05) is 0 Å². The lowest BCUT2D eigenvalue weighted by Gasteiger charge is -1.64. The van der Waals surface area contributed by atoms with Gasteiger partial charge in [-0.15, -0.1) is 47.9 Å². The summed E-state index contributed by atoms with van der Waals surface area (Å²) in [5.41, 5.74) is 0. The van der Waals surface area contributed by atoms with Crippen molar-refractivity contribution in [2.24, 2.45) is 0 Å². The van der Waals surface area contributed by atoms with Gasteiger partial charge < -0.3 is 0 Å². The largest absolute Gasteiger partial charge is 0.138 e. The van der Waals surface area contributed by atoms with Crippen molar-refractivity contribution >= 4 is 47.9 Å². The molecule has 0 aromatic carbocycles. The van der Waals surface area contributed by atoms with E-state index in [1.54, 1.807) is 22.7 Å². The average molecular weight is 232 g/mol. The number of thiophene rings is 2. The van der Waals surface area contributed by atoms with Crippen LogP contribution in [0.4, 0.5) is 0 Å². The van der Waals surface area contributed by atoms with E-state index in [0.29, 0.717) is 0 Å². The van der Waals surface area contributed by atoms with E-state index in [0.717, 1.165) is 8.42 Å². The van der Waals surface area contributed by atoms with Crippen LogP contribution in [0.2, 0.25) is 0 Å². The van der Waals surface area contributed by atoms with E-state index in [1.807, 2.05) is 35.0 Å². The topological polar surface area (TPSA) is 0 Å². The molecule has 12 heavy (non-hydrogen) atoms. The zero-order valence-corrected chi connectivity index (χ0v) is 9.60. The Morgan fingerprint density at radius 2 is 1.25 bits per heavy atom. The van der Waals surface area contributed by atoms with E-state index < -0.39 is 0 Å². The third-order valence-electron chi connectivity index (χ3n) is 1.01. The zero-order chi connectivity index (χ0) is 8.81. The fourth-order valence-electron chi connectivity index (χ4n) is 0.540. The molecule has 64 valence electrons. The second kappa shape index (κ2) is 5.70. The normalized spacial score (nSPS) is 8.83. The van der Waals surface area contributed by atoms with Crippen LogP contribution in [-0.2, 0) is 0 Å². The molecule has 0 saturated heterocycles. The summed E-state index contributed by atoms with van der Waals surface area (Å²) >= 11 is 11.4. The van der Waals surface area contributed by atoms with Crippen LogP contribution < -0.4 is 0 Å². The fourth-order valence-corrected chi connectivity index (χ4v) is 1.98. The molecule has 0 N–H and O–H groups in total. The summed E-state index contributed by atoms with van der Waals surface area (Å²) in [6.45, 7) is 0. The summed E-state index contributed by atoms with van der Waals surface area (Å²) in [6.07, 6.45) is 0. The van der Waals surface area contributed by atoms with Crippen molar-refractivity contribution in [1.82, 2.24) is 0 Å². The lowest BCUT2D eigenvalue weighted by Crippen LogP contribution is -1.32. The molecule has 0 fully saturated rings. The van der Waals surface area contributed by atoms with Gasteiger partial charge in [-0.1, -0.05) is 12.1 Å². The number of hydrogen-bond acceptors (Lipinski definition) is 4. The molecule has 0 atom stereocenters. The Hall–Kier alpha value is 0.1000. The lowest BCUT2D eigenvalue weighted by molar-refractivity contribution is 1.77. The smallest absolute Gasteiger partial charge is 0.0567 e. The van der Waals surface area contributed by atoms with Crippen LogP contribution in [0.5, 0.6) is 0 Å². The molecule has 0 radical (unpaired) electrons. The Morgan fingerprint density at radius 3 is 1.33 bits per heavy atom. The van der Waals surface area contributed by atoms with Gasteiger partial charge in [0.2, 0.25) is 0 Å². The molecule has 0 aliphatic rings. The molecular weight excluding hydrogens is 224 g/mol. The van der Waals surface area contributed by atoms with E-state index in [2.05, 4.69) is 25.3 Å². The highest BCUT2D eigenvalue weighted by Gasteiger charge is 1.76. The van der Waals surface area contributed by atoms with Gasteiger partial charge in [-0.05, 0) is 22.9 Å². The summed E-state index contributed by atoms with van der Waals surface area (Å²) in [7, 11) is 0. The Labute approximate surface area is 91.1 Å². The van der Waals surface area contributed by atoms with Crippen LogP contribution in [0.25, 0.3) is 0 Å². The quantitative estimate of drug-likeness (QED) is 0.628. The second-order valence-electron chi connectivity index (χ2n) is 1.90. The Balaban J connectivity index is 0.000000120. The Kier molecular flexibility index (Phi) is 4.83. The molecule has 0 spiro atoms. The first-order chi connectivity index (χ1) is 5.79. The summed E-state index contributed by atoms with van der Waals surface area (Å²) in [6, 6.07) is 7.89. The number of thiol groups is 2. The van der Waals surface area contributed by atoms with E-state index in [9.17, 15) is 0 Å². The van der Waals surface area contributed by atoms with Crippen molar-refractivity contribution < 1.29 is 0 Å². The molecule has 0 aliphatic carbocycles. The lowest BCUT2D eigenvalue weighted by atomic mass is 10.7. The van der Waals surface area contributed by atoms with Crippen LogP contribution in [0.1, 0.15) is 0 Å². The van der Waals surface area contributed by atoms with Gasteiger partial charge in [-0.25, -0.2) is 0 Å². The third kappa shape index (κ3) is 4.21. The first-order valence-corrected chi connectivity index (χ1v) is 5.89. The maximum atomic E-state index is 4.05. The van der Waals surface area contributed by atoms with Gasteiger partial charge in [0.15, 0.2) is 0 Å². The molecule has 2 rings (SSSR count). The minimum Gasteiger partial charge on any atom is -0.138 e.